The number of benzene rings is 1. The number of nitrogens with zero attached hydrogens (tertiary/aromatic N) is 1. The number of methoxy groups -OCH3 is 1. The SMILES string of the molecule is C=CCSc1sc(C(=O)O)c2c1C(=NO)C(CC)C(c1ccc(OC)cc1)C2. The van der Waals surface area contributed by atoms with Crippen LogP contribution in [0.1, 0.15) is 45.6 Å². The van der Waals surface area contributed by atoms with Crippen LogP contribution < -0.4 is 4.74 Å². The van der Waals surface area contributed by atoms with Gasteiger partial charge in [0.1, 0.15) is 10.6 Å². The molecule has 0 saturated carbocycles. The Morgan fingerprint density at radius 2 is 2.14 bits per heavy atom. The second-order valence-corrected chi connectivity index (χ2v) is 8.87. The van der Waals surface area contributed by atoms with Gasteiger partial charge in [0, 0.05) is 17.2 Å². The van der Waals surface area contributed by atoms with E-state index < -0.39 is 5.97 Å². The smallest absolute Gasteiger partial charge is 0.346 e. The zero-order chi connectivity index (χ0) is 20.3. The van der Waals surface area contributed by atoms with Crippen LogP contribution in [0.2, 0.25) is 0 Å². The van der Waals surface area contributed by atoms with Gasteiger partial charge in [0.15, 0.2) is 0 Å². The fourth-order valence-electron chi connectivity index (χ4n) is 3.85. The molecule has 1 aliphatic rings. The molecular weight excluding hydrogens is 394 g/mol. The van der Waals surface area contributed by atoms with Crippen LogP contribution in [0.15, 0.2) is 46.3 Å². The Morgan fingerprint density at radius 3 is 2.68 bits per heavy atom. The number of rotatable bonds is 7. The van der Waals surface area contributed by atoms with Crippen molar-refractivity contribution < 1.29 is 19.8 Å². The van der Waals surface area contributed by atoms with Crippen molar-refractivity contribution in [2.24, 2.45) is 11.1 Å². The summed E-state index contributed by atoms with van der Waals surface area (Å²) in [5.41, 5.74) is 3.23. The van der Waals surface area contributed by atoms with E-state index in [0.29, 0.717) is 22.8 Å². The number of aromatic carboxylic acids is 1. The Balaban J connectivity index is 2.13. The lowest BCUT2D eigenvalue weighted by Gasteiger charge is -2.33. The first-order chi connectivity index (χ1) is 13.5. The molecule has 5 nitrogen and oxygen atoms in total. The van der Waals surface area contributed by atoms with E-state index >= 15 is 0 Å². The van der Waals surface area contributed by atoms with Crippen molar-refractivity contribution in [1.82, 2.24) is 0 Å². The maximum Gasteiger partial charge on any atom is 0.346 e. The van der Waals surface area contributed by atoms with E-state index in [-0.39, 0.29) is 11.8 Å². The highest BCUT2D eigenvalue weighted by Crippen LogP contribution is 2.47. The molecule has 3 rings (SSSR count). The van der Waals surface area contributed by atoms with Gasteiger partial charge in [0.2, 0.25) is 0 Å². The number of carboxylic acids is 1. The summed E-state index contributed by atoms with van der Waals surface area (Å²) < 4.78 is 6.13. The molecule has 0 fully saturated rings. The molecule has 1 aromatic heterocycles. The number of thiophene rings is 1. The minimum absolute atomic E-state index is 0.00483. The van der Waals surface area contributed by atoms with Gasteiger partial charge < -0.3 is 15.1 Å². The summed E-state index contributed by atoms with van der Waals surface area (Å²) >= 11 is 2.80. The van der Waals surface area contributed by atoms with Crippen LogP contribution in [0.4, 0.5) is 0 Å². The molecule has 28 heavy (non-hydrogen) atoms. The van der Waals surface area contributed by atoms with Gasteiger partial charge in [-0.25, -0.2) is 4.79 Å². The molecule has 2 atom stereocenters. The molecule has 0 saturated heterocycles. The summed E-state index contributed by atoms with van der Waals surface area (Å²) in [6, 6.07) is 7.83. The van der Waals surface area contributed by atoms with Crippen LogP contribution in [0.3, 0.4) is 0 Å². The summed E-state index contributed by atoms with van der Waals surface area (Å²) in [5, 5.41) is 23.3. The van der Waals surface area contributed by atoms with Gasteiger partial charge in [0.05, 0.1) is 17.0 Å². The number of fused-ring (bicyclic) bond motifs is 1. The molecule has 1 aliphatic carbocycles. The molecule has 2 unspecified atom stereocenters. The molecule has 2 N–H and O–H groups in total. The second kappa shape index (κ2) is 8.84. The second-order valence-electron chi connectivity index (χ2n) is 6.56. The Morgan fingerprint density at radius 1 is 1.43 bits per heavy atom. The quantitative estimate of drug-likeness (QED) is 0.277. The summed E-state index contributed by atoms with van der Waals surface area (Å²) in [5.74, 6) is 0.551. The third-order valence-electron chi connectivity index (χ3n) is 5.11. The van der Waals surface area contributed by atoms with Gasteiger partial charge in [-0.05, 0) is 42.0 Å². The number of carbonyl (C=O) groups is 1. The van der Waals surface area contributed by atoms with Crippen LogP contribution in [0.25, 0.3) is 0 Å². The van der Waals surface area contributed by atoms with Crippen LogP contribution in [0, 0.1) is 5.92 Å². The van der Waals surface area contributed by atoms with Gasteiger partial charge in [-0.1, -0.05) is 30.3 Å². The highest BCUT2D eigenvalue weighted by molar-refractivity contribution is 8.01. The van der Waals surface area contributed by atoms with E-state index in [1.165, 1.54) is 23.1 Å². The zero-order valence-corrected chi connectivity index (χ0v) is 17.5. The van der Waals surface area contributed by atoms with E-state index in [2.05, 4.69) is 18.7 Å². The molecule has 2 aromatic rings. The highest BCUT2D eigenvalue weighted by atomic mass is 32.2. The third kappa shape index (κ3) is 3.69. The highest BCUT2D eigenvalue weighted by Gasteiger charge is 2.39. The van der Waals surface area contributed by atoms with Crippen LogP contribution in [-0.4, -0.2) is 34.9 Å². The summed E-state index contributed by atoms with van der Waals surface area (Å²) in [4.78, 5) is 12.2. The normalized spacial score (nSPS) is 20.0. The lowest BCUT2D eigenvalue weighted by molar-refractivity contribution is 0.0701. The van der Waals surface area contributed by atoms with Crippen LogP contribution in [0.5, 0.6) is 5.75 Å². The number of hydrogen-bond donors (Lipinski definition) is 2. The lowest BCUT2D eigenvalue weighted by atomic mass is 9.71. The van der Waals surface area contributed by atoms with E-state index in [4.69, 9.17) is 4.74 Å². The minimum atomic E-state index is -0.938. The average molecular weight is 418 g/mol. The monoisotopic (exact) mass is 417 g/mol. The van der Waals surface area contributed by atoms with Crippen molar-refractivity contribution in [3.05, 3.63) is 58.5 Å². The number of carboxylic acid groups (broad SMARTS) is 1. The molecule has 0 spiro atoms. The van der Waals surface area contributed by atoms with Gasteiger partial charge in [-0.2, -0.15) is 0 Å². The summed E-state index contributed by atoms with van der Waals surface area (Å²) in [6.45, 7) is 5.81. The molecular formula is C21H23NO4S2. The Bertz CT molecular complexity index is 902. The van der Waals surface area contributed by atoms with Crippen molar-refractivity contribution in [1.29, 1.82) is 0 Å². The number of thioether (sulfide) groups is 1. The minimum Gasteiger partial charge on any atom is -0.497 e. The molecule has 1 heterocycles. The Kier molecular flexibility index (Phi) is 6.46. The fourth-order valence-corrected chi connectivity index (χ4v) is 6.09. The number of hydrogen-bond acceptors (Lipinski definition) is 6. The van der Waals surface area contributed by atoms with E-state index in [9.17, 15) is 15.1 Å². The van der Waals surface area contributed by atoms with Crippen molar-refractivity contribution in [3.8, 4) is 5.75 Å². The Hall–Kier alpha value is -2.25. The van der Waals surface area contributed by atoms with Crippen LogP contribution in [-0.2, 0) is 6.42 Å². The Labute approximate surface area is 172 Å². The molecule has 1 aromatic carbocycles. The predicted molar refractivity (Wildman–Crippen MR) is 114 cm³/mol. The predicted octanol–water partition coefficient (Wildman–Crippen LogP) is 5.28. The molecule has 0 bridgehead atoms. The van der Waals surface area contributed by atoms with Crippen molar-refractivity contribution >= 4 is 34.8 Å². The number of ether oxygens (including phenoxy) is 1. The lowest BCUT2D eigenvalue weighted by Crippen LogP contribution is -2.31. The van der Waals surface area contributed by atoms with Crippen molar-refractivity contribution in [2.75, 3.05) is 12.9 Å². The van der Waals surface area contributed by atoms with E-state index in [1.807, 2.05) is 24.3 Å². The summed E-state index contributed by atoms with van der Waals surface area (Å²) in [7, 11) is 1.63. The zero-order valence-electron chi connectivity index (χ0n) is 15.8. The largest absolute Gasteiger partial charge is 0.497 e. The topological polar surface area (TPSA) is 79.1 Å². The number of oxime groups is 1. The average Bonchev–Trinajstić information content (AvgIpc) is 3.09. The standard InChI is InChI=1S/C21H23NO4S2/c1-4-10-27-21-17-16(19(28-21)20(23)24)11-15(14(5-2)18(17)22-25)12-6-8-13(26-3)9-7-12/h4,6-9,14-15,25H,1,5,10-11H2,2-3H3,(H,23,24). The fraction of sp³-hybridized carbons (Fsp3) is 0.333. The molecule has 0 radical (unpaired) electrons. The van der Waals surface area contributed by atoms with Gasteiger partial charge in [-0.15, -0.1) is 29.7 Å². The van der Waals surface area contributed by atoms with E-state index in [1.54, 1.807) is 13.2 Å². The molecule has 0 aliphatic heterocycles. The van der Waals surface area contributed by atoms with E-state index in [0.717, 1.165) is 33.1 Å². The first-order valence-corrected chi connectivity index (χ1v) is 10.8. The summed E-state index contributed by atoms with van der Waals surface area (Å²) in [6.07, 6.45) is 3.18. The van der Waals surface area contributed by atoms with Gasteiger partial charge in [0.25, 0.3) is 0 Å². The molecule has 148 valence electrons. The van der Waals surface area contributed by atoms with Gasteiger partial charge in [-0.3, -0.25) is 0 Å². The first kappa shape index (κ1) is 20.5. The third-order valence-corrected chi connectivity index (χ3v) is 7.60. The van der Waals surface area contributed by atoms with Crippen molar-refractivity contribution in [3.63, 3.8) is 0 Å². The van der Waals surface area contributed by atoms with Crippen molar-refractivity contribution in [2.45, 2.75) is 29.9 Å². The first-order valence-electron chi connectivity index (χ1n) is 9.04. The van der Waals surface area contributed by atoms with Gasteiger partial charge >= 0.3 is 5.97 Å². The maximum absolute atomic E-state index is 11.9. The molecule has 7 heteroatoms. The maximum atomic E-state index is 11.9. The van der Waals surface area contributed by atoms with Crippen LogP contribution >= 0.6 is 23.1 Å². The molecule has 0 amide bonds.